The lowest BCUT2D eigenvalue weighted by Gasteiger charge is -2.22. The van der Waals surface area contributed by atoms with E-state index in [1.807, 2.05) is 23.1 Å². The highest BCUT2D eigenvalue weighted by Gasteiger charge is 2.20. The number of amides is 1. The summed E-state index contributed by atoms with van der Waals surface area (Å²) >= 11 is 0. The molecule has 1 heterocycles. The van der Waals surface area contributed by atoms with Gasteiger partial charge >= 0.3 is 0 Å². The van der Waals surface area contributed by atoms with Gasteiger partial charge in [0.25, 0.3) is 5.91 Å². The van der Waals surface area contributed by atoms with E-state index in [2.05, 4.69) is 11.0 Å². The van der Waals surface area contributed by atoms with Crippen LogP contribution in [0.15, 0.2) is 48.5 Å². The second-order valence-electron chi connectivity index (χ2n) is 6.24. The largest absolute Gasteiger partial charge is 0.337 e. The van der Waals surface area contributed by atoms with E-state index in [1.54, 1.807) is 6.07 Å². The highest BCUT2D eigenvalue weighted by molar-refractivity contribution is 5.94. The first kappa shape index (κ1) is 17.1. The summed E-state index contributed by atoms with van der Waals surface area (Å²) in [7, 11) is 0. The molecule has 0 saturated carbocycles. The summed E-state index contributed by atoms with van der Waals surface area (Å²) in [5.41, 5.74) is 2.30. The molecule has 0 aromatic heterocycles. The van der Waals surface area contributed by atoms with Gasteiger partial charge < -0.3 is 4.90 Å². The van der Waals surface area contributed by atoms with Crippen LogP contribution in [0.25, 0.3) is 0 Å². The van der Waals surface area contributed by atoms with Crippen molar-refractivity contribution >= 4 is 5.91 Å². The fourth-order valence-electron chi connectivity index (χ4n) is 3.10. The molecule has 0 atom stereocenters. The fourth-order valence-corrected chi connectivity index (χ4v) is 3.10. The fraction of sp³-hybridized carbons (Fsp3) is 0.300. The smallest absolute Gasteiger partial charge is 0.253 e. The summed E-state index contributed by atoms with van der Waals surface area (Å²) in [6, 6.07) is 15.5. The van der Waals surface area contributed by atoms with Crippen LogP contribution in [-0.2, 0) is 6.54 Å². The highest BCUT2D eigenvalue weighted by atomic mass is 19.1. The molecule has 0 aliphatic carbocycles. The number of hydrogen-bond donors (Lipinski definition) is 0. The van der Waals surface area contributed by atoms with Crippen LogP contribution in [0.4, 0.5) is 4.39 Å². The minimum Gasteiger partial charge on any atom is -0.337 e. The SMILES string of the molecule is N#Cc1cccc(CN2CCCN(C(=O)c3ccc(F)cc3)CC2)c1. The number of halogens is 1. The van der Waals surface area contributed by atoms with Crippen LogP contribution in [0.2, 0.25) is 0 Å². The maximum absolute atomic E-state index is 13.0. The quantitative estimate of drug-likeness (QED) is 0.865. The molecular formula is C20H20FN3O. The molecule has 0 N–H and O–H groups in total. The molecule has 1 aliphatic rings. The van der Waals surface area contributed by atoms with Crippen LogP contribution in [0.5, 0.6) is 0 Å². The van der Waals surface area contributed by atoms with Crippen molar-refractivity contribution < 1.29 is 9.18 Å². The van der Waals surface area contributed by atoms with Crippen LogP contribution in [0, 0.1) is 17.1 Å². The molecule has 25 heavy (non-hydrogen) atoms. The molecule has 1 fully saturated rings. The van der Waals surface area contributed by atoms with Crippen molar-refractivity contribution in [2.24, 2.45) is 0 Å². The topological polar surface area (TPSA) is 47.3 Å². The predicted molar refractivity (Wildman–Crippen MR) is 93.4 cm³/mol. The summed E-state index contributed by atoms with van der Waals surface area (Å²) in [5.74, 6) is -0.383. The Morgan fingerprint density at radius 3 is 2.64 bits per heavy atom. The van der Waals surface area contributed by atoms with Gasteiger partial charge in [-0.05, 0) is 48.4 Å². The summed E-state index contributed by atoms with van der Waals surface area (Å²) in [6.07, 6.45) is 0.894. The molecule has 0 bridgehead atoms. The third-order valence-electron chi connectivity index (χ3n) is 4.43. The lowest BCUT2D eigenvalue weighted by atomic mass is 10.1. The van der Waals surface area contributed by atoms with E-state index in [-0.39, 0.29) is 11.7 Å². The summed E-state index contributed by atoms with van der Waals surface area (Å²) in [5, 5.41) is 9.00. The summed E-state index contributed by atoms with van der Waals surface area (Å²) in [4.78, 5) is 16.7. The van der Waals surface area contributed by atoms with Crippen LogP contribution < -0.4 is 0 Å². The number of benzene rings is 2. The summed E-state index contributed by atoms with van der Waals surface area (Å²) < 4.78 is 13.0. The van der Waals surface area contributed by atoms with E-state index in [0.29, 0.717) is 24.2 Å². The Hall–Kier alpha value is -2.71. The van der Waals surface area contributed by atoms with Crippen molar-refractivity contribution in [2.75, 3.05) is 26.2 Å². The van der Waals surface area contributed by atoms with Crippen molar-refractivity contribution in [2.45, 2.75) is 13.0 Å². The Kier molecular flexibility index (Phi) is 5.42. The molecule has 0 radical (unpaired) electrons. The van der Waals surface area contributed by atoms with Crippen molar-refractivity contribution in [1.82, 2.24) is 9.80 Å². The Morgan fingerprint density at radius 2 is 1.88 bits per heavy atom. The molecule has 2 aromatic rings. The first-order valence-corrected chi connectivity index (χ1v) is 8.42. The average Bonchev–Trinajstić information content (AvgIpc) is 2.87. The van der Waals surface area contributed by atoms with E-state index in [4.69, 9.17) is 5.26 Å². The zero-order chi connectivity index (χ0) is 17.6. The van der Waals surface area contributed by atoms with Gasteiger partial charge in [-0.2, -0.15) is 5.26 Å². The molecule has 3 rings (SSSR count). The third kappa shape index (κ3) is 4.43. The Labute approximate surface area is 147 Å². The van der Waals surface area contributed by atoms with E-state index < -0.39 is 0 Å². The van der Waals surface area contributed by atoms with Crippen molar-refractivity contribution in [3.63, 3.8) is 0 Å². The molecular weight excluding hydrogens is 317 g/mol. The lowest BCUT2D eigenvalue weighted by Crippen LogP contribution is -2.35. The lowest BCUT2D eigenvalue weighted by molar-refractivity contribution is 0.0761. The predicted octanol–water partition coefficient (Wildman–Crippen LogP) is 3.05. The molecule has 1 amide bonds. The van der Waals surface area contributed by atoms with Gasteiger partial charge in [-0.15, -0.1) is 0 Å². The molecule has 5 heteroatoms. The van der Waals surface area contributed by atoms with Gasteiger partial charge in [-0.25, -0.2) is 4.39 Å². The van der Waals surface area contributed by atoms with E-state index in [1.165, 1.54) is 24.3 Å². The molecule has 0 spiro atoms. The van der Waals surface area contributed by atoms with Gasteiger partial charge in [0.15, 0.2) is 0 Å². The average molecular weight is 337 g/mol. The second kappa shape index (κ2) is 7.91. The van der Waals surface area contributed by atoms with Crippen molar-refractivity contribution in [1.29, 1.82) is 5.26 Å². The van der Waals surface area contributed by atoms with Crippen LogP contribution in [-0.4, -0.2) is 41.9 Å². The number of carbonyl (C=O) groups is 1. The standard InChI is InChI=1S/C20H20FN3O/c21-19-7-5-18(6-8-19)20(25)24-10-2-9-23(11-12-24)15-17-4-1-3-16(13-17)14-22/h1,3-8,13H,2,9-12,15H2. The molecule has 4 nitrogen and oxygen atoms in total. The van der Waals surface area contributed by atoms with Crippen LogP contribution in [0.1, 0.15) is 27.9 Å². The van der Waals surface area contributed by atoms with Gasteiger partial charge in [0, 0.05) is 38.3 Å². The van der Waals surface area contributed by atoms with E-state index >= 15 is 0 Å². The first-order chi connectivity index (χ1) is 12.2. The maximum atomic E-state index is 13.0. The van der Waals surface area contributed by atoms with Gasteiger partial charge in [0.1, 0.15) is 5.82 Å². The minimum atomic E-state index is -0.335. The minimum absolute atomic E-state index is 0.0478. The number of nitrogens with zero attached hydrogens (tertiary/aromatic N) is 3. The zero-order valence-electron chi connectivity index (χ0n) is 14.0. The van der Waals surface area contributed by atoms with Crippen molar-refractivity contribution in [3.8, 4) is 6.07 Å². The number of nitriles is 1. The van der Waals surface area contributed by atoms with E-state index in [9.17, 15) is 9.18 Å². The second-order valence-corrected chi connectivity index (χ2v) is 6.24. The zero-order valence-corrected chi connectivity index (χ0v) is 14.0. The molecule has 1 saturated heterocycles. The first-order valence-electron chi connectivity index (χ1n) is 8.42. The van der Waals surface area contributed by atoms with Crippen LogP contribution >= 0.6 is 0 Å². The molecule has 128 valence electrons. The Bertz CT molecular complexity index is 782. The molecule has 1 aliphatic heterocycles. The van der Waals surface area contributed by atoms with Crippen molar-refractivity contribution in [3.05, 3.63) is 71.0 Å². The van der Waals surface area contributed by atoms with Crippen LogP contribution in [0.3, 0.4) is 0 Å². The molecule has 0 unspecified atom stereocenters. The normalized spacial score (nSPS) is 15.4. The third-order valence-corrected chi connectivity index (χ3v) is 4.43. The van der Waals surface area contributed by atoms with Gasteiger partial charge in [0.05, 0.1) is 11.6 Å². The van der Waals surface area contributed by atoms with Gasteiger partial charge in [0.2, 0.25) is 0 Å². The van der Waals surface area contributed by atoms with Gasteiger partial charge in [-0.1, -0.05) is 12.1 Å². The monoisotopic (exact) mass is 337 g/mol. The number of carbonyl (C=O) groups excluding carboxylic acids is 1. The van der Waals surface area contributed by atoms with E-state index in [0.717, 1.165) is 31.6 Å². The molecule has 2 aromatic carbocycles. The maximum Gasteiger partial charge on any atom is 0.253 e. The Morgan fingerprint density at radius 1 is 1.08 bits per heavy atom. The highest BCUT2D eigenvalue weighted by Crippen LogP contribution is 2.13. The number of hydrogen-bond acceptors (Lipinski definition) is 3. The summed E-state index contributed by atoms with van der Waals surface area (Å²) in [6.45, 7) is 3.81. The number of rotatable bonds is 3. The Balaban J connectivity index is 1.61. The van der Waals surface area contributed by atoms with Gasteiger partial charge in [-0.3, -0.25) is 9.69 Å².